The quantitative estimate of drug-likeness (QED) is 0.856. The Morgan fingerprint density at radius 1 is 1.35 bits per heavy atom. The fourth-order valence-electron chi connectivity index (χ4n) is 2.72. The van der Waals surface area contributed by atoms with Crippen LogP contribution in [0.5, 0.6) is 11.6 Å². The molecule has 26 heavy (non-hydrogen) atoms. The van der Waals surface area contributed by atoms with Gasteiger partial charge in [0.1, 0.15) is 11.6 Å². The molecule has 0 aliphatic carbocycles. The number of hydrogen-bond donors (Lipinski definition) is 2. The van der Waals surface area contributed by atoms with Gasteiger partial charge in [-0.1, -0.05) is 12.1 Å². The molecule has 3 rings (SSSR count). The standard InChI is InChI=1S/C18H18FN3O4/c19-14-4-1-5-15(9-14)26-16-12(3-2-7-20-16)10-21-18(25)22-8-6-13(11-22)17(23)24/h1-5,7,9,13H,6,8,10-11H2,(H,21,25)(H,23,24). The maximum Gasteiger partial charge on any atom is 0.317 e. The van der Waals surface area contributed by atoms with Crippen LogP contribution in [0.3, 0.4) is 0 Å². The summed E-state index contributed by atoms with van der Waals surface area (Å²) in [5, 5.41) is 11.7. The molecule has 1 aromatic heterocycles. The molecule has 2 heterocycles. The van der Waals surface area contributed by atoms with Gasteiger partial charge in [0, 0.05) is 37.5 Å². The number of hydrogen-bond acceptors (Lipinski definition) is 4. The first-order chi connectivity index (χ1) is 12.5. The summed E-state index contributed by atoms with van der Waals surface area (Å²) in [6.45, 7) is 0.759. The first-order valence-electron chi connectivity index (χ1n) is 8.16. The van der Waals surface area contributed by atoms with Crippen molar-refractivity contribution in [3.05, 3.63) is 54.0 Å². The molecule has 1 aliphatic rings. The van der Waals surface area contributed by atoms with Crippen molar-refractivity contribution in [3.63, 3.8) is 0 Å². The van der Waals surface area contributed by atoms with Gasteiger partial charge in [-0.05, 0) is 24.6 Å². The highest BCUT2D eigenvalue weighted by Crippen LogP contribution is 2.23. The van der Waals surface area contributed by atoms with E-state index in [1.807, 2.05) is 0 Å². The van der Waals surface area contributed by atoms with E-state index in [9.17, 15) is 14.0 Å². The first kappa shape index (κ1) is 17.7. The van der Waals surface area contributed by atoms with Gasteiger partial charge in [0.15, 0.2) is 0 Å². The second-order valence-electron chi connectivity index (χ2n) is 5.96. The number of halogens is 1. The van der Waals surface area contributed by atoms with Crippen LogP contribution in [-0.2, 0) is 11.3 Å². The number of carboxylic acid groups (broad SMARTS) is 1. The van der Waals surface area contributed by atoms with E-state index in [1.165, 1.54) is 29.3 Å². The molecule has 1 saturated heterocycles. The van der Waals surface area contributed by atoms with Gasteiger partial charge in [-0.2, -0.15) is 0 Å². The Bertz CT molecular complexity index is 815. The lowest BCUT2D eigenvalue weighted by molar-refractivity contribution is -0.141. The largest absolute Gasteiger partial charge is 0.481 e. The topological polar surface area (TPSA) is 91.8 Å². The number of urea groups is 1. The minimum atomic E-state index is -0.890. The van der Waals surface area contributed by atoms with Crippen molar-refractivity contribution in [2.45, 2.75) is 13.0 Å². The zero-order valence-electron chi connectivity index (χ0n) is 13.9. The summed E-state index contributed by atoms with van der Waals surface area (Å²) in [4.78, 5) is 28.8. The summed E-state index contributed by atoms with van der Waals surface area (Å²) in [6.07, 6.45) is 1.99. The summed E-state index contributed by atoms with van der Waals surface area (Å²) in [7, 11) is 0. The fourth-order valence-corrected chi connectivity index (χ4v) is 2.72. The van der Waals surface area contributed by atoms with E-state index in [2.05, 4.69) is 10.3 Å². The van der Waals surface area contributed by atoms with E-state index in [-0.39, 0.29) is 25.0 Å². The molecule has 1 fully saturated rings. The van der Waals surface area contributed by atoms with Gasteiger partial charge in [0.25, 0.3) is 0 Å². The first-order valence-corrected chi connectivity index (χ1v) is 8.16. The van der Waals surface area contributed by atoms with Crippen LogP contribution in [0.1, 0.15) is 12.0 Å². The van der Waals surface area contributed by atoms with Crippen molar-refractivity contribution >= 4 is 12.0 Å². The van der Waals surface area contributed by atoms with E-state index >= 15 is 0 Å². The molecule has 1 unspecified atom stereocenters. The minimum absolute atomic E-state index is 0.158. The van der Waals surface area contributed by atoms with Gasteiger partial charge in [0.05, 0.1) is 5.92 Å². The Kier molecular flexibility index (Phi) is 5.31. The average Bonchev–Trinajstić information content (AvgIpc) is 3.11. The second kappa shape index (κ2) is 7.81. The number of carbonyl (C=O) groups is 2. The molecule has 1 aliphatic heterocycles. The summed E-state index contributed by atoms with van der Waals surface area (Å²) < 4.78 is 18.9. The summed E-state index contributed by atoms with van der Waals surface area (Å²) in [5.74, 6) is -1.26. The van der Waals surface area contributed by atoms with Gasteiger partial charge in [-0.15, -0.1) is 0 Å². The molecule has 136 valence electrons. The number of likely N-dealkylation sites (tertiary alicyclic amines) is 1. The number of nitrogens with zero attached hydrogens (tertiary/aromatic N) is 2. The Morgan fingerprint density at radius 2 is 2.19 bits per heavy atom. The highest BCUT2D eigenvalue weighted by molar-refractivity contribution is 5.77. The molecule has 2 aromatic rings. The number of aliphatic carboxylic acids is 1. The predicted molar refractivity (Wildman–Crippen MR) is 90.3 cm³/mol. The SMILES string of the molecule is O=C(O)C1CCN(C(=O)NCc2cccnc2Oc2cccc(F)c2)C1. The number of carboxylic acids is 1. The molecule has 0 bridgehead atoms. The van der Waals surface area contributed by atoms with Crippen LogP contribution in [-0.4, -0.2) is 40.1 Å². The average molecular weight is 359 g/mol. The highest BCUT2D eigenvalue weighted by atomic mass is 19.1. The smallest absolute Gasteiger partial charge is 0.317 e. The van der Waals surface area contributed by atoms with Gasteiger partial charge >= 0.3 is 12.0 Å². The normalized spacial score (nSPS) is 16.3. The van der Waals surface area contributed by atoms with E-state index < -0.39 is 17.7 Å². The monoisotopic (exact) mass is 359 g/mol. The second-order valence-corrected chi connectivity index (χ2v) is 5.96. The van der Waals surface area contributed by atoms with Gasteiger partial charge in [0.2, 0.25) is 5.88 Å². The van der Waals surface area contributed by atoms with Crippen molar-refractivity contribution in [2.24, 2.45) is 5.92 Å². The van der Waals surface area contributed by atoms with Crippen LogP contribution in [0, 0.1) is 11.7 Å². The third-order valence-corrected chi connectivity index (χ3v) is 4.12. The van der Waals surface area contributed by atoms with Crippen LogP contribution in [0.4, 0.5) is 9.18 Å². The molecule has 0 spiro atoms. The van der Waals surface area contributed by atoms with E-state index in [0.29, 0.717) is 24.3 Å². The molecule has 0 radical (unpaired) electrons. The minimum Gasteiger partial charge on any atom is -0.481 e. The van der Waals surface area contributed by atoms with Crippen molar-refractivity contribution in [1.82, 2.24) is 15.2 Å². The predicted octanol–water partition coefficient (Wildman–Crippen LogP) is 2.63. The lowest BCUT2D eigenvalue weighted by atomic mass is 10.1. The van der Waals surface area contributed by atoms with Crippen LogP contribution in [0.2, 0.25) is 0 Å². The molecule has 7 nitrogen and oxygen atoms in total. The van der Waals surface area contributed by atoms with Crippen LogP contribution >= 0.6 is 0 Å². The van der Waals surface area contributed by atoms with Crippen molar-refractivity contribution in [2.75, 3.05) is 13.1 Å². The van der Waals surface area contributed by atoms with E-state index in [0.717, 1.165) is 0 Å². The van der Waals surface area contributed by atoms with Crippen molar-refractivity contribution < 1.29 is 23.8 Å². The lowest BCUT2D eigenvalue weighted by Crippen LogP contribution is -2.38. The lowest BCUT2D eigenvalue weighted by Gasteiger charge is -2.17. The van der Waals surface area contributed by atoms with Gasteiger partial charge < -0.3 is 20.1 Å². The number of aromatic nitrogens is 1. The van der Waals surface area contributed by atoms with Crippen LogP contribution in [0.25, 0.3) is 0 Å². The molecule has 2 N–H and O–H groups in total. The number of rotatable bonds is 5. The number of pyridine rings is 1. The Balaban J connectivity index is 1.62. The zero-order chi connectivity index (χ0) is 18.5. The highest BCUT2D eigenvalue weighted by Gasteiger charge is 2.30. The molecule has 0 saturated carbocycles. The van der Waals surface area contributed by atoms with Crippen LogP contribution in [0.15, 0.2) is 42.6 Å². The number of carbonyl (C=O) groups excluding carboxylic acids is 1. The van der Waals surface area contributed by atoms with Crippen molar-refractivity contribution in [1.29, 1.82) is 0 Å². The van der Waals surface area contributed by atoms with E-state index in [4.69, 9.17) is 9.84 Å². The van der Waals surface area contributed by atoms with Crippen LogP contribution < -0.4 is 10.1 Å². The molecule has 1 atom stereocenters. The molecular weight excluding hydrogens is 341 g/mol. The van der Waals surface area contributed by atoms with Gasteiger partial charge in [-0.25, -0.2) is 14.2 Å². The third kappa shape index (κ3) is 4.27. The van der Waals surface area contributed by atoms with Crippen molar-refractivity contribution in [3.8, 4) is 11.6 Å². The third-order valence-electron chi connectivity index (χ3n) is 4.12. The Labute approximate surface area is 149 Å². The molecular formula is C18H18FN3O4. The Morgan fingerprint density at radius 3 is 2.92 bits per heavy atom. The fraction of sp³-hybridized carbons (Fsp3) is 0.278. The van der Waals surface area contributed by atoms with Gasteiger partial charge in [-0.3, -0.25) is 4.79 Å². The number of benzene rings is 1. The zero-order valence-corrected chi connectivity index (χ0v) is 13.9. The number of nitrogens with one attached hydrogen (secondary N) is 1. The summed E-state index contributed by atoms with van der Waals surface area (Å²) in [5.41, 5.74) is 0.624. The maximum atomic E-state index is 13.3. The molecule has 8 heteroatoms. The maximum absolute atomic E-state index is 13.3. The molecule has 1 aromatic carbocycles. The summed E-state index contributed by atoms with van der Waals surface area (Å²) >= 11 is 0. The molecule has 2 amide bonds. The number of amides is 2. The Hall–Kier alpha value is -3.16. The van der Waals surface area contributed by atoms with E-state index in [1.54, 1.807) is 18.2 Å². The number of ether oxygens (including phenoxy) is 1. The summed E-state index contributed by atoms with van der Waals surface area (Å²) in [6, 6.07) is 8.80.